The minimum Gasteiger partial charge on any atom is -0.509 e. The zero-order valence-electron chi connectivity index (χ0n) is 14.9. The number of hydrogen-bond acceptors (Lipinski definition) is 9. The van der Waals surface area contributed by atoms with E-state index in [-0.39, 0.29) is 12.2 Å². The normalized spacial score (nSPS) is 16.4. The predicted molar refractivity (Wildman–Crippen MR) is 94.9 cm³/mol. The van der Waals surface area contributed by atoms with Crippen LogP contribution in [0.5, 0.6) is 0 Å². The molecule has 0 bridgehead atoms. The van der Waals surface area contributed by atoms with Gasteiger partial charge in [-0.2, -0.15) is 0 Å². The van der Waals surface area contributed by atoms with E-state index >= 15 is 0 Å². The van der Waals surface area contributed by atoms with Gasteiger partial charge in [-0.05, 0) is 30.7 Å². The molecule has 0 aromatic heterocycles. The van der Waals surface area contributed by atoms with E-state index in [1.807, 2.05) is 6.92 Å². The lowest BCUT2D eigenvalue weighted by molar-refractivity contribution is -0.112. The zero-order valence-corrected chi connectivity index (χ0v) is 14.9. The Morgan fingerprint density at radius 3 is 2.26 bits per heavy atom. The van der Waals surface area contributed by atoms with Crippen molar-refractivity contribution in [1.29, 1.82) is 0 Å². The van der Waals surface area contributed by atoms with Gasteiger partial charge in [0.15, 0.2) is 0 Å². The van der Waals surface area contributed by atoms with Crippen molar-refractivity contribution >= 4 is 12.0 Å². The maximum absolute atomic E-state index is 11.8. The Bertz CT molecular complexity index is 599. The van der Waals surface area contributed by atoms with Crippen molar-refractivity contribution < 1.29 is 44.9 Å². The van der Waals surface area contributed by atoms with Gasteiger partial charge in [0.2, 0.25) is 0 Å². The highest BCUT2D eigenvalue weighted by molar-refractivity contribution is 5.89. The lowest BCUT2D eigenvalue weighted by Gasteiger charge is -2.25. The number of rotatable bonds is 11. The van der Waals surface area contributed by atoms with Crippen LogP contribution in [0, 0.1) is 0 Å². The SMILES string of the molecule is CCOCCOC(=O)c1ccc(C=C(O)[C@H](O)[C@@H](O)[C@H](O)[C@H](O)CO)cc1. The number of carbonyl (C=O) groups excluding carboxylic acids is 1. The monoisotopic (exact) mass is 386 g/mol. The number of hydrogen-bond donors (Lipinski definition) is 6. The van der Waals surface area contributed by atoms with Crippen molar-refractivity contribution in [3.8, 4) is 0 Å². The Labute approximate surface area is 156 Å². The highest BCUT2D eigenvalue weighted by atomic mass is 16.6. The molecule has 6 N–H and O–H groups in total. The van der Waals surface area contributed by atoms with Crippen LogP contribution >= 0.6 is 0 Å². The van der Waals surface area contributed by atoms with Crippen molar-refractivity contribution in [1.82, 2.24) is 0 Å². The average molecular weight is 386 g/mol. The lowest BCUT2D eigenvalue weighted by atomic mass is 10.0. The minimum atomic E-state index is -1.91. The smallest absolute Gasteiger partial charge is 0.338 e. The molecule has 152 valence electrons. The van der Waals surface area contributed by atoms with Crippen LogP contribution < -0.4 is 0 Å². The summed E-state index contributed by atoms with van der Waals surface area (Å²) in [6.07, 6.45) is -6.20. The topological polar surface area (TPSA) is 157 Å². The van der Waals surface area contributed by atoms with E-state index in [1.54, 1.807) is 0 Å². The molecule has 0 saturated carbocycles. The molecule has 0 aliphatic heterocycles. The van der Waals surface area contributed by atoms with Gasteiger partial charge in [-0.3, -0.25) is 0 Å². The van der Waals surface area contributed by atoms with Gasteiger partial charge in [-0.25, -0.2) is 4.79 Å². The number of benzene rings is 1. The second-order valence-corrected chi connectivity index (χ2v) is 5.70. The molecule has 0 aliphatic carbocycles. The van der Waals surface area contributed by atoms with Gasteiger partial charge in [-0.1, -0.05) is 12.1 Å². The van der Waals surface area contributed by atoms with E-state index in [0.29, 0.717) is 18.8 Å². The Morgan fingerprint density at radius 2 is 1.70 bits per heavy atom. The Kier molecular flexibility index (Phi) is 9.94. The van der Waals surface area contributed by atoms with E-state index in [0.717, 1.165) is 6.08 Å². The number of esters is 1. The molecular formula is C18H26O9. The molecule has 1 aromatic rings. The van der Waals surface area contributed by atoms with Crippen molar-refractivity contribution in [2.45, 2.75) is 31.3 Å². The molecule has 0 spiro atoms. The summed E-state index contributed by atoms with van der Waals surface area (Å²) < 4.78 is 10.1. The minimum absolute atomic E-state index is 0.126. The Hall–Kier alpha value is -2.01. The second-order valence-electron chi connectivity index (χ2n) is 5.70. The molecular weight excluding hydrogens is 360 g/mol. The third kappa shape index (κ3) is 7.25. The van der Waals surface area contributed by atoms with Gasteiger partial charge >= 0.3 is 5.97 Å². The number of aliphatic hydroxyl groups excluding tert-OH is 6. The quantitative estimate of drug-likeness (QED) is 0.163. The van der Waals surface area contributed by atoms with Gasteiger partial charge < -0.3 is 40.1 Å². The lowest BCUT2D eigenvalue weighted by Crippen LogP contribution is -2.46. The van der Waals surface area contributed by atoms with Gasteiger partial charge in [0.1, 0.15) is 36.8 Å². The van der Waals surface area contributed by atoms with E-state index in [2.05, 4.69) is 0 Å². The maximum Gasteiger partial charge on any atom is 0.338 e. The maximum atomic E-state index is 11.8. The first kappa shape index (κ1) is 23.0. The van der Waals surface area contributed by atoms with E-state index in [1.165, 1.54) is 24.3 Å². The zero-order chi connectivity index (χ0) is 20.4. The van der Waals surface area contributed by atoms with Crippen LogP contribution in [0.25, 0.3) is 6.08 Å². The Morgan fingerprint density at radius 1 is 1.07 bits per heavy atom. The average Bonchev–Trinajstić information content (AvgIpc) is 2.69. The molecule has 0 radical (unpaired) electrons. The number of carbonyl (C=O) groups is 1. The molecule has 27 heavy (non-hydrogen) atoms. The summed E-state index contributed by atoms with van der Waals surface area (Å²) in [7, 11) is 0. The van der Waals surface area contributed by atoms with Gasteiger partial charge in [0.25, 0.3) is 0 Å². The van der Waals surface area contributed by atoms with Gasteiger partial charge in [0, 0.05) is 6.61 Å². The molecule has 0 heterocycles. The summed E-state index contributed by atoms with van der Waals surface area (Å²) in [4.78, 5) is 11.8. The number of ether oxygens (including phenoxy) is 2. The summed E-state index contributed by atoms with van der Waals surface area (Å²) in [5.41, 5.74) is 0.687. The highest BCUT2D eigenvalue weighted by Crippen LogP contribution is 2.15. The van der Waals surface area contributed by atoms with Crippen molar-refractivity contribution in [3.63, 3.8) is 0 Å². The molecule has 4 atom stereocenters. The second kappa shape index (κ2) is 11.7. The van der Waals surface area contributed by atoms with Crippen LogP contribution in [-0.4, -0.2) is 87.5 Å². The van der Waals surface area contributed by atoms with Gasteiger partial charge in [0.05, 0.1) is 18.8 Å². The van der Waals surface area contributed by atoms with Crippen molar-refractivity contribution in [2.75, 3.05) is 26.4 Å². The fraction of sp³-hybridized carbons (Fsp3) is 0.500. The molecule has 1 rings (SSSR count). The predicted octanol–water partition coefficient (Wildman–Crippen LogP) is -0.785. The van der Waals surface area contributed by atoms with Crippen LogP contribution in [0.15, 0.2) is 30.0 Å². The summed E-state index contributed by atoms with van der Waals surface area (Å²) in [5, 5.41) is 57.0. The van der Waals surface area contributed by atoms with Crippen LogP contribution in [0.1, 0.15) is 22.8 Å². The largest absolute Gasteiger partial charge is 0.509 e. The molecule has 0 fully saturated rings. The summed E-state index contributed by atoms with van der Waals surface area (Å²) >= 11 is 0. The Balaban J connectivity index is 2.70. The molecule has 1 aromatic carbocycles. The van der Waals surface area contributed by atoms with Crippen LogP contribution in [0.3, 0.4) is 0 Å². The van der Waals surface area contributed by atoms with Crippen molar-refractivity contribution in [2.24, 2.45) is 0 Å². The summed E-state index contributed by atoms with van der Waals surface area (Å²) in [6.45, 7) is 1.96. The first-order chi connectivity index (χ1) is 12.8. The standard InChI is InChI=1S/C18H26O9/c1-2-26-7-8-27-18(25)12-5-3-11(4-6-12)9-13(20)15(22)17(24)16(23)14(21)10-19/h3-6,9,14-17,19-24H,2,7-8,10H2,1H3/t14-,15+,16-,17-/m1/s1. The van der Waals surface area contributed by atoms with E-state index in [9.17, 15) is 30.3 Å². The van der Waals surface area contributed by atoms with Crippen LogP contribution in [-0.2, 0) is 9.47 Å². The molecule has 9 heteroatoms. The molecule has 0 aliphatic rings. The molecule has 0 amide bonds. The molecule has 9 nitrogen and oxygen atoms in total. The first-order valence-electron chi connectivity index (χ1n) is 8.40. The van der Waals surface area contributed by atoms with Gasteiger partial charge in [-0.15, -0.1) is 0 Å². The summed E-state index contributed by atoms with van der Waals surface area (Å²) in [6, 6.07) is 5.87. The van der Waals surface area contributed by atoms with Crippen molar-refractivity contribution in [3.05, 3.63) is 41.2 Å². The van der Waals surface area contributed by atoms with Crippen LogP contribution in [0.2, 0.25) is 0 Å². The van der Waals surface area contributed by atoms with E-state index < -0.39 is 42.8 Å². The van der Waals surface area contributed by atoms with E-state index in [4.69, 9.17) is 14.6 Å². The van der Waals surface area contributed by atoms with Crippen LogP contribution in [0.4, 0.5) is 0 Å². The number of aliphatic hydroxyl groups is 6. The highest BCUT2D eigenvalue weighted by Gasteiger charge is 2.32. The molecule has 0 unspecified atom stereocenters. The fourth-order valence-electron chi connectivity index (χ4n) is 2.09. The third-order valence-electron chi connectivity index (χ3n) is 3.68. The summed E-state index contributed by atoms with van der Waals surface area (Å²) in [5.74, 6) is -1.20. The first-order valence-corrected chi connectivity index (χ1v) is 8.40. The molecule has 0 saturated heterocycles. The third-order valence-corrected chi connectivity index (χ3v) is 3.68. The fourth-order valence-corrected chi connectivity index (χ4v) is 2.09.